The van der Waals surface area contributed by atoms with E-state index in [1.54, 1.807) is 30.3 Å². The monoisotopic (exact) mass is 361 g/mol. The number of hydrogen-bond acceptors (Lipinski definition) is 5. The van der Waals surface area contributed by atoms with E-state index >= 15 is 0 Å². The Kier molecular flexibility index (Phi) is 7.01. The molecule has 1 unspecified atom stereocenters. The summed E-state index contributed by atoms with van der Waals surface area (Å²) in [5, 5.41) is 1.95. The normalized spacial score (nSPS) is 11.6. The van der Waals surface area contributed by atoms with E-state index in [9.17, 15) is 9.59 Å². The van der Waals surface area contributed by atoms with Crippen LogP contribution in [0.5, 0.6) is 5.75 Å². The minimum absolute atomic E-state index is 0.00554. The van der Waals surface area contributed by atoms with Crippen LogP contribution in [0.15, 0.2) is 41.8 Å². The van der Waals surface area contributed by atoms with Gasteiger partial charge in [0, 0.05) is 18.0 Å². The van der Waals surface area contributed by atoms with Crippen molar-refractivity contribution >= 4 is 23.2 Å². The number of nitrogens with zero attached hydrogens (tertiary/aromatic N) is 1. The van der Waals surface area contributed by atoms with Crippen molar-refractivity contribution in [1.82, 2.24) is 4.90 Å². The van der Waals surface area contributed by atoms with Crippen LogP contribution in [0, 0.1) is 5.92 Å². The maximum Gasteiger partial charge on any atom is 0.310 e. The Labute approximate surface area is 152 Å². The molecule has 0 N–H and O–H groups in total. The summed E-state index contributed by atoms with van der Waals surface area (Å²) in [4.78, 5) is 27.2. The molecule has 1 aromatic heterocycles. The number of amides is 1. The molecule has 2 aromatic rings. The van der Waals surface area contributed by atoms with Crippen LogP contribution in [0.1, 0.15) is 17.4 Å². The Morgan fingerprint density at radius 2 is 1.88 bits per heavy atom. The maximum atomic E-state index is 12.7. The zero-order valence-electron chi connectivity index (χ0n) is 14.7. The third-order valence-electron chi connectivity index (χ3n) is 3.89. The Morgan fingerprint density at radius 3 is 2.44 bits per heavy atom. The highest BCUT2D eigenvalue weighted by atomic mass is 32.1. The number of esters is 1. The number of methoxy groups -OCH3 is 2. The van der Waals surface area contributed by atoms with Crippen molar-refractivity contribution in [3.05, 3.63) is 52.2 Å². The van der Waals surface area contributed by atoms with Crippen LogP contribution >= 0.6 is 11.3 Å². The summed E-state index contributed by atoms with van der Waals surface area (Å²) in [6.45, 7) is 2.53. The van der Waals surface area contributed by atoms with E-state index in [4.69, 9.17) is 9.47 Å². The fourth-order valence-corrected chi connectivity index (χ4v) is 3.18. The lowest BCUT2D eigenvalue weighted by atomic mass is 10.1. The first-order chi connectivity index (χ1) is 12.0. The summed E-state index contributed by atoms with van der Waals surface area (Å²) < 4.78 is 9.95. The third kappa shape index (κ3) is 5.60. The molecule has 2 rings (SSSR count). The van der Waals surface area contributed by atoms with Gasteiger partial charge in [-0.05, 0) is 29.1 Å². The summed E-state index contributed by atoms with van der Waals surface area (Å²) in [5.74, 6) is 0.0661. The molecule has 1 heterocycles. The van der Waals surface area contributed by atoms with Gasteiger partial charge in [0.25, 0.3) is 0 Å². The first-order valence-corrected chi connectivity index (χ1v) is 8.92. The van der Waals surface area contributed by atoms with Gasteiger partial charge in [-0.3, -0.25) is 9.59 Å². The molecule has 1 amide bonds. The van der Waals surface area contributed by atoms with Crippen LogP contribution in [0.25, 0.3) is 0 Å². The second-order valence-electron chi connectivity index (χ2n) is 5.80. The molecule has 0 aliphatic heterocycles. The van der Waals surface area contributed by atoms with Gasteiger partial charge in [-0.1, -0.05) is 25.1 Å². The molecule has 0 aliphatic rings. The zero-order chi connectivity index (χ0) is 18.2. The molecule has 25 heavy (non-hydrogen) atoms. The van der Waals surface area contributed by atoms with E-state index in [1.807, 2.05) is 41.8 Å². The first-order valence-electron chi connectivity index (χ1n) is 8.04. The lowest BCUT2D eigenvalue weighted by Gasteiger charge is -2.25. The average molecular weight is 361 g/mol. The van der Waals surface area contributed by atoms with Crippen molar-refractivity contribution in [3.63, 3.8) is 0 Å². The van der Waals surface area contributed by atoms with Crippen molar-refractivity contribution < 1.29 is 19.1 Å². The molecular weight excluding hydrogens is 338 g/mol. The van der Waals surface area contributed by atoms with E-state index in [0.717, 1.165) is 16.2 Å². The van der Waals surface area contributed by atoms with Crippen LogP contribution in [0.3, 0.4) is 0 Å². The van der Waals surface area contributed by atoms with Gasteiger partial charge >= 0.3 is 5.97 Å². The van der Waals surface area contributed by atoms with E-state index in [-0.39, 0.29) is 17.8 Å². The standard InChI is InChI=1S/C19H23NO4S/c1-14(19(22)24-3)12-20(18(21)11-17-5-4-10-25-17)13-15-6-8-16(23-2)9-7-15/h4-10,14H,11-13H2,1-3H3. The zero-order valence-corrected chi connectivity index (χ0v) is 15.5. The SMILES string of the molecule is COC(=O)C(C)CN(Cc1ccc(OC)cc1)C(=O)Cc1cccs1. The number of benzene rings is 1. The molecule has 134 valence electrons. The molecule has 0 fully saturated rings. The third-order valence-corrected chi connectivity index (χ3v) is 4.76. The van der Waals surface area contributed by atoms with Gasteiger partial charge in [-0.25, -0.2) is 0 Å². The van der Waals surface area contributed by atoms with E-state index in [1.165, 1.54) is 7.11 Å². The number of carbonyl (C=O) groups is 2. The lowest BCUT2D eigenvalue weighted by Crippen LogP contribution is -2.37. The topological polar surface area (TPSA) is 55.8 Å². The largest absolute Gasteiger partial charge is 0.497 e. The number of rotatable bonds is 8. The van der Waals surface area contributed by atoms with Crippen molar-refractivity contribution in [1.29, 1.82) is 0 Å². The Balaban J connectivity index is 2.11. The Morgan fingerprint density at radius 1 is 1.16 bits per heavy atom. The molecule has 6 heteroatoms. The number of thiophene rings is 1. The Hall–Kier alpha value is -2.34. The molecule has 1 atom stereocenters. The molecule has 0 saturated heterocycles. The molecule has 0 saturated carbocycles. The van der Waals surface area contributed by atoms with Gasteiger partial charge in [-0.15, -0.1) is 11.3 Å². The number of hydrogen-bond donors (Lipinski definition) is 0. The van der Waals surface area contributed by atoms with Crippen molar-refractivity contribution in [3.8, 4) is 5.75 Å². The number of carbonyl (C=O) groups excluding carboxylic acids is 2. The quantitative estimate of drug-likeness (QED) is 0.678. The highest BCUT2D eigenvalue weighted by Gasteiger charge is 2.22. The first kappa shape index (κ1) is 19.0. The Bertz CT molecular complexity index is 682. The highest BCUT2D eigenvalue weighted by molar-refractivity contribution is 7.10. The summed E-state index contributed by atoms with van der Waals surface area (Å²) >= 11 is 1.55. The minimum atomic E-state index is -0.379. The smallest absolute Gasteiger partial charge is 0.310 e. The predicted octanol–water partition coefficient (Wildman–Crippen LogP) is 3.14. The fraction of sp³-hybridized carbons (Fsp3) is 0.368. The molecule has 5 nitrogen and oxygen atoms in total. The van der Waals surface area contributed by atoms with Crippen LogP contribution in [-0.4, -0.2) is 37.5 Å². The summed E-state index contributed by atoms with van der Waals surface area (Å²) in [6.07, 6.45) is 0.335. The molecular formula is C19H23NO4S. The van der Waals surface area contributed by atoms with Crippen molar-refractivity contribution in [2.24, 2.45) is 5.92 Å². The van der Waals surface area contributed by atoms with Crippen molar-refractivity contribution in [2.45, 2.75) is 19.9 Å². The van der Waals surface area contributed by atoms with E-state index in [0.29, 0.717) is 19.5 Å². The van der Waals surface area contributed by atoms with E-state index in [2.05, 4.69) is 0 Å². The molecule has 0 spiro atoms. The maximum absolute atomic E-state index is 12.7. The van der Waals surface area contributed by atoms with Crippen molar-refractivity contribution in [2.75, 3.05) is 20.8 Å². The minimum Gasteiger partial charge on any atom is -0.497 e. The molecule has 1 aromatic carbocycles. The van der Waals surface area contributed by atoms with E-state index < -0.39 is 0 Å². The van der Waals surface area contributed by atoms with Gasteiger partial charge < -0.3 is 14.4 Å². The second-order valence-corrected chi connectivity index (χ2v) is 6.83. The lowest BCUT2D eigenvalue weighted by molar-refractivity contribution is -0.146. The fourth-order valence-electron chi connectivity index (χ4n) is 2.49. The van der Waals surface area contributed by atoms with Gasteiger partial charge in [0.05, 0.1) is 26.6 Å². The van der Waals surface area contributed by atoms with Crippen LogP contribution in [0.4, 0.5) is 0 Å². The molecule has 0 bridgehead atoms. The summed E-state index contributed by atoms with van der Waals surface area (Å²) in [6, 6.07) is 11.4. The highest BCUT2D eigenvalue weighted by Crippen LogP contribution is 2.17. The van der Waals surface area contributed by atoms with Gasteiger partial charge in [-0.2, -0.15) is 0 Å². The van der Waals surface area contributed by atoms with Crippen LogP contribution in [0.2, 0.25) is 0 Å². The van der Waals surface area contributed by atoms with Crippen LogP contribution in [-0.2, 0) is 27.3 Å². The van der Waals surface area contributed by atoms with Gasteiger partial charge in [0.1, 0.15) is 5.75 Å². The summed E-state index contributed by atoms with van der Waals surface area (Å²) in [7, 11) is 2.98. The molecule has 0 radical (unpaired) electrons. The summed E-state index contributed by atoms with van der Waals surface area (Å²) in [5.41, 5.74) is 0.984. The van der Waals surface area contributed by atoms with Gasteiger partial charge in [0.15, 0.2) is 0 Å². The number of ether oxygens (including phenoxy) is 2. The van der Waals surface area contributed by atoms with Gasteiger partial charge in [0.2, 0.25) is 5.91 Å². The second kappa shape index (κ2) is 9.22. The average Bonchev–Trinajstić information content (AvgIpc) is 3.13. The molecule has 0 aliphatic carbocycles. The predicted molar refractivity (Wildman–Crippen MR) is 97.6 cm³/mol. The van der Waals surface area contributed by atoms with Crippen LogP contribution < -0.4 is 4.74 Å².